The summed E-state index contributed by atoms with van der Waals surface area (Å²) in [6.07, 6.45) is 1.32. The van der Waals surface area contributed by atoms with Gasteiger partial charge in [0.05, 0.1) is 6.61 Å². The highest BCUT2D eigenvalue weighted by Gasteiger charge is 2.41. The van der Waals surface area contributed by atoms with Gasteiger partial charge in [-0.05, 0) is 49.4 Å². The molecular weight excluding hydrogens is 400 g/mol. The molecule has 1 unspecified atom stereocenters. The predicted molar refractivity (Wildman–Crippen MR) is 125 cm³/mol. The molecule has 6 heteroatoms. The molecule has 6 nitrogen and oxygen atoms in total. The first-order valence-electron chi connectivity index (χ1n) is 11.1. The van der Waals surface area contributed by atoms with E-state index in [2.05, 4.69) is 38.2 Å². The van der Waals surface area contributed by atoms with Gasteiger partial charge in [0.25, 0.3) is 0 Å². The summed E-state index contributed by atoms with van der Waals surface area (Å²) in [6.45, 7) is 8.92. The lowest BCUT2D eigenvalue weighted by Crippen LogP contribution is -2.36. The standard InChI is InChI=1S/C26H28N4O2/c1-5-32-19-11-9-17(10-12-19)23-22-20(14-26(3,4)15-21(22)31)27-25-28-24(29-30(23)25)18-8-6-7-16(2)13-18/h6-13,23H,5,14-15H2,1-4H3,(H,27,28,29). The van der Waals surface area contributed by atoms with E-state index in [0.29, 0.717) is 24.8 Å². The molecule has 2 aromatic carbocycles. The van der Waals surface area contributed by atoms with Crippen LogP contribution in [-0.4, -0.2) is 27.2 Å². The van der Waals surface area contributed by atoms with E-state index in [-0.39, 0.29) is 17.2 Å². The predicted octanol–water partition coefficient (Wildman–Crippen LogP) is 5.31. The van der Waals surface area contributed by atoms with Crippen LogP contribution in [0.5, 0.6) is 5.75 Å². The summed E-state index contributed by atoms with van der Waals surface area (Å²) < 4.78 is 7.48. The van der Waals surface area contributed by atoms with Crippen LogP contribution in [0, 0.1) is 12.3 Å². The molecule has 1 aliphatic carbocycles. The van der Waals surface area contributed by atoms with E-state index in [4.69, 9.17) is 14.8 Å². The zero-order chi connectivity index (χ0) is 22.5. The molecule has 1 aromatic heterocycles. The van der Waals surface area contributed by atoms with Gasteiger partial charge in [-0.25, -0.2) is 4.68 Å². The summed E-state index contributed by atoms with van der Waals surface area (Å²) in [6, 6.07) is 15.8. The number of aryl methyl sites for hydroxylation is 1. The number of anilines is 1. The van der Waals surface area contributed by atoms with Crippen molar-refractivity contribution in [2.75, 3.05) is 11.9 Å². The van der Waals surface area contributed by atoms with Crippen LogP contribution in [0.4, 0.5) is 5.95 Å². The van der Waals surface area contributed by atoms with Gasteiger partial charge in [0.1, 0.15) is 11.8 Å². The number of carbonyl (C=O) groups excluding carboxylic acids is 1. The van der Waals surface area contributed by atoms with Gasteiger partial charge in [0, 0.05) is 23.3 Å². The summed E-state index contributed by atoms with van der Waals surface area (Å²) in [5.74, 6) is 2.30. The highest BCUT2D eigenvalue weighted by Crippen LogP contribution is 2.45. The summed E-state index contributed by atoms with van der Waals surface area (Å²) in [7, 11) is 0. The number of carbonyl (C=O) groups is 1. The van der Waals surface area contributed by atoms with Crippen LogP contribution in [0.2, 0.25) is 0 Å². The molecule has 1 N–H and O–H groups in total. The van der Waals surface area contributed by atoms with Crippen molar-refractivity contribution < 1.29 is 9.53 Å². The summed E-state index contributed by atoms with van der Waals surface area (Å²) in [5, 5.41) is 8.31. The summed E-state index contributed by atoms with van der Waals surface area (Å²) in [5.41, 5.74) is 4.78. The molecule has 1 atom stereocenters. The Morgan fingerprint density at radius 1 is 1.16 bits per heavy atom. The van der Waals surface area contributed by atoms with E-state index in [1.165, 1.54) is 0 Å². The Bertz CT molecular complexity index is 1220. The second kappa shape index (κ2) is 7.62. The van der Waals surface area contributed by atoms with E-state index in [1.807, 2.05) is 48.0 Å². The number of fused-ring (bicyclic) bond motifs is 1. The van der Waals surface area contributed by atoms with Crippen LogP contribution >= 0.6 is 0 Å². The molecule has 32 heavy (non-hydrogen) atoms. The minimum atomic E-state index is -0.313. The number of hydrogen-bond acceptors (Lipinski definition) is 5. The topological polar surface area (TPSA) is 69.0 Å². The fourth-order valence-electron chi connectivity index (χ4n) is 4.74. The number of hydrogen-bond donors (Lipinski definition) is 1. The van der Waals surface area contributed by atoms with Crippen LogP contribution in [0.1, 0.15) is 50.8 Å². The number of ether oxygens (including phenoxy) is 1. The van der Waals surface area contributed by atoms with Crippen LogP contribution in [0.15, 0.2) is 59.8 Å². The lowest BCUT2D eigenvalue weighted by atomic mass is 9.73. The van der Waals surface area contributed by atoms with Gasteiger partial charge in [0.15, 0.2) is 11.6 Å². The Morgan fingerprint density at radius 2 is 1.94 bits per heavy atom. The second-order valence-electron chi connectivity index (χ2n) is 9.44. The molecule has 5 rings (SSSR count). The Hall–Kier alpha value is -3.41. The van der Waals surface area contributed by atoms with Crippen LogP contribution in [0.25, 0.3) is 11.4 Å². The molecule has 0 amide bonds. The third kappa shape index (κ3) is 3.60. The Morgan fingerprint density at radius 3 is 2.66 bits per heavy atom. The van der Waals surface area contributed by atoms with Crippen molar-refractivity contribution in [3.05, 3.63) is 70.9 Å². The molecule has 0 bridgehead atoms. The molecule has 2 heterocycles. The third-order valence-corrected chi connectivity index (χ3v) is 6.12. The lowest BCUT2D eigenvalue weighted by Gasteiger charge is -2.38. The number of nitrogens with one attached hydrogen (secondary N) is 1. The number of Topliss-reactive ketones (excluding diaryl/α,β-unsaturated/α-hetero) is 1. The molecule has 0 saturated carbocycles. The van der Waals surface area contributed by atoms with E-state index in [0.717, 1.165) is 40.1 Å². The number of nitrogens with zero attached hydrogens (tertiary/aromatic N) is 3. The van der Waals surface area contributed by atoms with E-state index >= 15 is 0 Å². The second-order valence-corrected chi connectivity index (χ2v) is 9.44. The number of aromatic nitrogens is 3. The number of allylic oxidation sites excluding steroid dienone is 2. The maximum Gasteiger partial charge on any atom is 0.226 e. The molecule has 0 fully saturated rings. The Balaban J connectivity index is 1.64. The van der Waals surface area contributed by atoms with Gasteiger partial charge in [-0.3, -0.25) is 4.79 Å². The van der Waals surface area contributed by atoms with E-state index in [9.17, 15) is 4.79 Å². The highest BCUT2D eigenvalue weighted by atomic mass is 16.5. The zero-order valence-corrected chi connectivity index (χ0v) is 19.0. The number of rotatable bonds is 4. The third-order valence-electron chi connectivity index (χ3n) is 6.12. The van der Waals surface area contributed by atoms with Crippen molar-refractivity contribution in [1.29, 1.82) is 0 Å². The van der Waals surface area contributed by atoms with E-state index in [1.54, 1.807) is 0 Å². The monoisotopic (exact) mass is 428 g/mol. The molecular formula is C26H28N4O2. The molecule has 0 radical (unpaired) electrons. The Labute approximate surface area is 188 Å². The average Bonchev–Trinajstić information content (AvgIpc) is 3.16. The first kappa shape index (κ1) is 20.5. The minimum Gasteiger partial charge on any atom is -0.494 e. The molecule has 0 spiro atoms. The van der Waals surface area contributed by atoms with Crippen molar-refractivity contribution in [1.82, 2.24) is 14.8 Å². The van der Waals surface area contributed by atoms with Crippen molar-refractivity contribution in [3.63, 3.8) is 0 Å². The van der Waals surface area contributed by atoms with E-state index < -0.39 is 0 Å². The SMILES string of the molecule is CCOc1ccc(C2C3=C(CC(C)(C)CC3=O)Nc3nc(-c4cccc(C)c4)nn32)cc1. The first-order chi connectivity index (χ1) is 15.3. The maximum atomic E-state index is 13.3. The first-order valence-corrected chi connectivity index (χ1v) is 11.1. The normalized spacial score (nSPS) is 19.2. The summed E-state index contributed by atoms with van der Waals surface area (Å²) in [4.78, 5) is 18.2. The fourth-order valence-corrected chi connectivity index (χ4v) is 4.74. The minimum absolute atomic E-state index is 0.0894. The van der Waals surface area contributed by atoms with Crippen molar-refractivity contribution in [3.8, 4) is 17.1 Å². The van der Waals surface area contributed by atoms with Gasteiger partial charge >= 0.3 is 0 Å². The fraction of sp³-hybridized carbons (Fsp3) is 0.346. The van der Waals surface area contributed by atoms with Crippen LogP contribution in [-0.2, 0) is 4.79 Å². The van der Waals surface area contributed by atoms with Gasteiger partial charge in [-0.2, -0.15) is 4.98 Å². The molecule has 164 valence electrons. The van der Waals surface area contributed by atoms with Gasteiger partial charge in [-0.1, -0.05) is 49.7 Å². The molecule has 3 aromatic rings. The summed E-state index contributed by atoms with van der Waals surface area (Å²) >= 11 is 0. The van der Waals surface area contributed by atoms with Gasteiger partial charge in [0.2, 0.25) is 5.95 Å². The largest absolute Gasteiger partial charge is 0.494 e. The van der Waals surface area contributed by atoms with Gasteiger partial charge < -0.3 is 10.1 Å². The van der Waals surface area contributed by atoms with Crippen molar-refractivity contribution >= 4 is 11.7 Å². The average molecular weight is 429 g/mol. The zero-order valence-electron chi connectivity index (χ0n) is 19.0. The number of benzene rings is 2. The molecule has 2 aliphatic rings. The Kier molecular flexibility index (Phi) is 4.88. The molecule has 1 aliphatic heterocycles. The van der Waals surface area contributed by atoms with Crippen LogP contribution < -0.4 is 10.1 Å². The molecule has 0 saturated heterocycles. The maximum absolute atomic E-state index is 13.3. The van der Waals surface area contributed by atoms with Gasteiger partial charge in [-0.15, -0.1) is 5.10 Å². The highest BCUT2D eigenvalue weighted by molar-refractivity contribution is 6.00. The van der Waals surface area contributed by atoms with Crippen LogP contribution in [0.3, 0.4) is 0 Å². The van der Waals surface area contributed by atoms with Crippen molar-refractivity contribution in [2.24, 2.45) is 5.41 Å². The smallest absolute Gasteiger partial charge is 0.226 e. The quantitative estimate of drug-likeness (QED) is 0.610. The number of ketones is 1. The van der Waals surface area contributed by atoms with Crippen molar-refractivity contribution in [2.45, 2.75) is 46.6 Å². The lowest BCUT2D eigenvalue weighted by molar-refractivity contribution is -0.118.